The Morgan fingerprint density at radius 2 is 2.00 bits per heavy atom. The molecule has 2 rings (SSSR count). The maximum atomic E-state index is 14.0. The molecular weight excluding hydrogens is 332 g/mol. The average molecular weight is 344 g/mol. The number of nitrogens with zero attached hydrogens (tertiary/aromatic N) is 1. The van der Waals surface area contributed by atoms with Crippen molar-refractivity contribution in [1.82, 2.24) is 10.4 Å². The van der Waals surface area contributed by atoms with E-state index in [0.717, 1.165) is 12.1 Å². The van der Waals surface area contributed by atoms with Gasteiger partial charge in [-0.25, -0.2) is 14.2 Å². The number of methoxy groups -OCH3 is 1. The number of halogens is 3. The molecule has 0 aliphatic rings. The van der Waals surface area contributed by atoms with E-state index >= 15 is 0 Å². The van der Waals surface area contributed by atoms with E-state index in [1.54, 1.807) is 12.1 Å². The molecule has 0 aliphatic heterocycles. The molecule has 0 amide bonds. The van der Waals surface area contributed by atoms with Crippen LogP contribution in [0.5, 0.6) is 5.75 Å². The quantitative estimate of drug-likeness (QED) is 0.661. The van der Waals surface area contributed by atoms with Crippen LogP contribution in [0.1, 0.15) is 17.3 Å². The summed E-state index contributed by atoms with van der Waals surface area (Å²) in [6.45, 7) is 0. The highest BCUT2D eigenvalue weighted by Gasteiger charge is 2.25. The molecule has 1 unspecified atom stereocenters. The summed E-state index contributed by atoms with van der Waals surface area (Å²) in [4.78, 5) is 4.09. The Hall–Kier alpha value is -1.57. The van der Waals surface area contributed by atoms with Crippen LogP contribution in [0, 0.1) is 11.6 Å². The zero-order valence-corrected chi connectivity index (χ0v) is 12.1. The third kappa shape index (κ3) is 2.79. The van der Waals surface area contributed by atoms with Crippen LogP contribution in [-0.4, -0.2) is 12.1 Å². The van der Waals surface area contributed by atoms with E-state index in [9.17, 15) is 8.78 Å². The largest absolute Gasteiger partial charge is 0.495 e. The maximum absolute atomic E-state index is 14.0. The van der Waals surface area contributed by atoms with Crippen molar-refractivity contribution >= 4 is 15.9 Å². The predicted octanol–water partition coefficient (Wildman–Crippen LogP) is 2.68. The molecule has 0 fully saturated rings. The van der Waals surface area contributed by atoms with Gasteiger partial charge in [-0.3, -0.25) is 10.8 Å². The normalized spacial score (nSPS) is 12.2. The molecule has 0 aliphatic carbocycles. The van der Waals surface area contributed by atoms with Gasteiger partial charge in [0.25, 0.3) is 0 Å². The number of ether oxygens (including phenoxy) is 1. The van der Waals surface area contributed by atoms with Gasteiger partial charge in [-0.15, -0.1) is 0 Å². The van der Waals surface area contributed by atoms with E-state index in [2.05, 4.69) is 26.3 Å². The van der Waals surface area contributed by atoms with Gasteiger partial charge in [-0.2, -0.15) is 0 Å². The smallest absolute Gasteiger partial charge is 0.142 e. The molecule has 0 saturated carbocycles. The van der Waals surface area contributed by atoms with Crippen LogP contribution in [0.4, 0.5) is 8.78 Å². The highest BCUT2D eigenvalue weighted by molar-refractivity contribution is 9.10. The van der Waals surface area contributed by atoms with Gasteiger partial charge in [-0.1, -0.05) is 15.9 Å². The van der Waals surface area contributed by atoms with Gasteiger partial charge >= 0.3 is 0 Å². The third-order valence-electron chi connectivity index (χ3n) is 2.79. The second-order valence-corrected chi connectivity index (χ2v) is 4.89. The summed E-state index contributed by atoms with van der Waals surface area (Å²) < 4.78 is 33.5. The van der Waals surface area contributed by atoms with E-state index < -0.39 is 17.7 Å². The lowest BCUT2D eigenvalue weighted by Gasteiger charge is -2.19. The summed E-state index contributed by atoms with van der Waals surface area (Å²) in [6.07, 6.45) is 1.50. The lowest BCUT2D eigenvalue weighted by Crippen LogP contribution is -2.31. The summed E-state index contributed by atoms with van der Waals surface area (Å²) in [5.74, 6) is 4.37. The van der Waals surface area contributed by atoms with Gasteiger partial charge in [0.05, 0.1) is 13.2 Å². The molecule has 3 N–H and O–H groups in total. The monoisotopic (exact) mass is 343 g/mol. The summed E-state index contributed by atoms with van der Waals surface area (Å²) in [7, 11) is 1.45. The van der Waals surface area contributed by atoms with E-state index in [-0.39, 0.29) is 5.56 Å². The fourth-order valence-corrected chi connectivity index (χ4v) is 2.32. The number of nitrogens with two attached hydrogens (primary N) is 1. The van der Waals surface area contributed by atoms with Crippen molar-refractivity contribution in [2.45, 2.75) is 6.04 Å². The minimum absolute atomic E-state index is 0.215. The van der Waals surface area contributed by atoms with Gasteiger partial charge in [0.1, 0.15) is 23.1 Å². The van der Waals surface area contributed by atoms with Crippen molar-refractivity contribution in [3.05, 3.63) is 57.8 Å². The Labute approximate surface area is 123 Å². The molecule has 0 bridgehead atoms. The molecule has 4 nitrogen and oxygen atoms in total. The number of pyridine rings is 1. The van der Waals surface area contributed by atoms with Gasteiger partial charge in [0.2, 0.25) is 0 Å². The average Bonchev–Trinajstić information content (AvgIpc) is 2.42. The SMILES string of the molecule is COc1cccnc1C(NN)c1c(F)cc(Br)cc1F. The van der Waals surface area contributed by atoms with Crippen molar-refractivity contribution in [3.63, 3.8) is 0 Å². The Bertz CT molecular complexity index is 601. The first kappa shape index (κ1) is 14.8. The van der Waals surface area contributed by atoms with Crippen LogP contribution in [0.15, 0.2) is 34.9 Å². The van der Waals surface area contributed by atoms with Crippen molar-refractivity contribution in [1.29, 1.82) is 0 Å². The van der Waals surface area contributed by atoms with E-state index in [4.69, 9.17) is 10.6 Å². The van der Waals surface area contributed by atoms with Crippen molar-refractivity contribution in [2.24, 2.45) is 5.84 Å². The summed E-state index contributed by atoms with van der Waals surface area (Å²) in [5, 5.41) is 0. The second-order valence-electron chi connectivity index (χ2n) is 3.97. The maximum Gasteiger partial charge on any atom is 0.142 e. The molecule has 1 aromatic heterocycles. The molecule has 106 valence electrons. The van der Waals surface area contributed by atoms with Crippen LogP contribution in [0.3, 0.4) is 0 Å². The van der Waals surface area contributed by atoms with Crippen LogP contribution in [0.25, 0.3) is 0 Å². The first-order valence-corrected chi connectivity index (χ1v) is 6.47. The highest BCUT2D eigenvalue weighted by Crippen LogP contribution is 2.32. The van der Waals surface area contributed by atoms with E-state index in [1.165, 1.54) is 13.3 Å². The standard InChI is InChI=1S/C13H12BrF2N3O/c1-20-10-3-2-4-18-12(10)13(19-17)11-8(15)5-7(14)6-9(11)16/h2-6,13,19H,17H2,1H3. The molecule has 0 radical (unpaired) electrons. The van der Waals surface area contributed by atoms with Crippen molar-refractivity contribution in [2.75, 3.05) is 7.11 Å². The Morgan fingerprint density at radius 1 is 1.35 bits per heavy atom. The molecule has 2 aromatic rings. The minimum Gasteiger partial charge on any atom is -0.495 e. The van der Waals surface area contributed by atoms with Gasteiger partial charge in [0, 0.05) is 16.2 Å². The topological polar surface area (TPSA) is 60.2 Å². The van der Waals surface area contributed by atoms with Crippen LogP contribution in [0.2, 0.25) is 0 Å². The number of rotatable bonds is 4. The first-order chi connectivity index (χ1) is 9.58. The zero-order valence-electron chi connectivity index (χ0n) is 10.5. The molecule has 7 heteroatoms. The number of nitrogens with one attached hydrogen (secondary N) is 1. The lowest BCUT2D eigenvalue weighted by atomic mass is 10.0. The number of hydrogen-bond donors (Lipinski definition) is 2. The lowest BCUT2D eigenvalue weighted by molar-refractivity contribution is 0.397. The first-order valence-electron chi connectivity index (χ1n) is 5.68. The third-order valence-corrected chi connectivity index (χ3v) is 3.25. The number of hydrazine groups is 1. The number of benzene rings is 1. The molecule has 1 heterocycles. The fraction of sp³-hybridized carbons (Fsp3) is 0.154. The van der Waals surface area contributed by atoms with Gasteiger partial charge in [-0.05, 0) is 24.3 Å². The molecule has 20 heavy (non-hydrogen) atoms. The number of aromatic nitrogens is 1. The molecule has 0 saturated heterocycles. The van der Waals surface area contributed by atoms with Crippen LogP contribution >= 0.6 is 15.9 Å². The van der Waals surface area contributed by atoms with Gasteiger partial charge in [0.15, 0.2) is 0 Å². The molecular formula is C13H12BrF2N3O. The van der Waals surface area contributed by atoms with Crippen LogP contribution < -0.4 is 16.0 Å². The fourth-order valence-electron chi connectivity index (χ4n) is 1.92. The Balaban J connectivity index is 2.59. The van der Waals surface area contributed by atoms with Crippen LogP contribution in [-0.2, 0) is 0 Å². The van der Waals surface area contributed by atoms with E-state index in [1.807, 2.05) is 0 Å². The second kappa shape index (κ2) is 6.25. The summed E-state index contributed by atoms with van der Waals surface area (Å²) in [6, 6.07) is 4.67. The highest BCUT2D eigenvalue weighted by atomic mass is 79.9. The van der Waals surface area contributed by atoms with Gasteiger partial charge < -0.3 is 4.74 Å². The Morgan fingerprint density at radius 3 is 2.55 bits per heavy atom. The predicted molar refractivity (Wildman–Crippen MR) is 74.0 cm³/mol. The molecule has 1 aromatic carbocycles. The summed E-state index contributed by atoms with van der Waals surface area (Å²) >= 11 is 3.03. The summed E-state index contributed by atoms with van der Waals surface area (Å²) in [5.41, 5.74) is 2.46. The van der Waals surface area contributed by atoms with Crippen molar-refractivity contribution < 1.29 is 13.5 Å². The minimum atomic E-state index is -0.959. The Kier molecular flexibility index (Phi) is 4.64. The zero-order chi connectivity index (χ0) is 14.7. The van der Waals surface area contributed by atoms with Crippen molar-refractivity contribution in [3.8, 4) is 5.75 Å². The number of hydrogen-bond acceptors (Lipinski definition) is 4. The van der Waals surface area contributed by atoms with E-state index in [0.29, 0.717) is 15.9 Å². The molecule has 1 atom stereocenters. The molecule has 0 spiro atoms.